The molecule has 8 nitrogen and oxygen atoms in total. The minimum absolute atomic E-state index is 0.0249. The molecule has 0 atom stereocenters. The van der Waals surface area contributed by atoms with Crippen molar-refractivity contribution in [3.8, 4) is 0 Å². The molecule has 1 aliphatic rings. The summed E-state index contributed by atoms with van der Waals surface area (Å²) in [6.45, 7) is 9.20. The molecule has 1 aliphatic heterocycles. The molecule has 11 heteroatoms. The molecule has 1 amide bonds. The van der Waals surface area contributed by atoms with Crippen LogP contribution in [0.25, 0.3) is 0 Å². The molecule has 0 bridgehead atoms. The second-order valence-corrected chi connectivity index (χ2v) is 8.96. The van der Waals surface area contributed by atoms with E-state index < -0.39 is 17.6 Å². The number of hydrogen-bond acceptors (Lipinski definition) is 6. The van der Waals surface area contributed by atoms with Crippen molar-refractivity contribution in [1.29, 1.82) is 0 Å². The fraction of sp³-hybridized carbons (Fsp3) is 0.481. The molecular formula is C27H36F3N7O. The zero-order valence-electron chi connectivity index (χ0n) is 22.1. The van der Waals surface area contributed by atoms with E-state index in [1.165, 1.54) is 0 Å². The fourth-order valence-corrected chi connectivity index (χ4v) is 4.55. The van der Waals surface area contributed by atoms with Crippen molar-refractivity contribution in [2.45, 2.75) is 65.1 Å². The Morgan fingerprint density at radius 2 is 1.79 bits per heavy atom. The lowest BCUT2D eigenvalue weighted by Crippen LogP contribution is -2.34. The molecule has 0 radical (unpaired) electrons. The first-order valence-corrected chi connectivity index (χ1v) is 13.0. The van der Waals surface area contributed by atoms with E-state index in [-0.39, 0.29) is 36.9 Å². The van der Waals surface area contributed by atoms with Gasteiger partial charge in [0, 0.05) is 25.5 Å². The minimum Gasteiger partial charge on any atom is -0.369 e. The van der Waals surface area contributed by atoms with Gasteiger partial charge in [-0.1, -0.05) is 45.0 Å². The Bertz CT molecular complexity index is 1190. The van der Waals surface area contributed by atoms with Gasteiger partial charge in [0.1, 0.15) is 0 Å². The first kappa shape index (κ1) is 29.1. The predicted molar refractivity (Wildman–Crippen MR) is 141 cm³/mol. The summed E-state index contributed by atoms with van der Waals surface area (Å²) in [5.74, 6) is -0.424. The van der Waals surface area contributed by atoms with Gasteiger partial charge in [0.15, 0.2) is 0 Å². The molecule has 0 unspecified atom stereocenters. The third-order valence-corrected chi connectivity index (χ3v) is 6.52. The van der Waals surface area contributed by atoms with Crippen LogP contribution in [0.15, 0.2) is 42.9 Å². The number of anilines is 2. The Kier molecular flexibility index (Phi) is 10.2. The van der Waals surface area contributed by atoms with Gasteiger partial charge >= 0.3 is 6.18 Å². The highest BCUT2D eigenvalue weighted by atomic mass is 19.4. The zero-order chi connectivity index (χ0) is 27.7. The van der Waals surface area contributed by atoms with Crippen LogP contribution in [0.2, 0.25) is 0 Å². The first-order valence-electron chi connectivity index (χ1n) is 13.0. The number of benzene rings is 1. The van der Waals surface area contributed by atoms with Crippen LogP contribution in [0.3, 0.4) is 0 Å². The molecule has 3 heterocycles. The van der Waals surface area contributed by atoms with Crippen LogP contribution in [0.5, 0.6) is 0 Å². The predicted octanol–water partition coefficient (Wildman–Crippen LogP) is 4.93. The standard InChI is InChI=1S/C25H30F3N7O.C2H6/c1-2-34-11-9-20(10-12-34)35-16-19(14-31-35)32-24-30-15-21(25(26,27)28)22(33-24)8-7-17-5-3-4-6-18(17)13-23(29)36;1-2/h3-6,14-16,20H,2,7-13H2,1H3,(H2,29,36)(H,30,32,33);1-2H3. The molecule has 38 heavy (non-hydrogen) atoms. The normalized spacial score (nSPS) is 14.6. The van der Waals surface area contributed by atoms with Crippen molar-refractivity contribution in [2.75, 3.05) is 25.0 Å². The summed E-state index contributed by atoms with van der Waals surface area (Å²) < 4.78 is 42.9. The van der Waals surface area contributed by atoms with Crippen LogP contribution >= 0.6 is 0 Å². The number of piperidine rings is 1. The van der Waals surface area contributed by atoms with Crippen molar-refractivity contribution >= 4 is 17.5 Å². The monoisotopic (exact) mass is 531 g/mol. The molecule has 1 saturated heterocycles. The number of carbonyl (C=O) groups excluding carboxylic acids is 1. The number of rotatable bonds is 9. The van der Waals surface area contributed by atoms with Gasteiger partial charge in [0.2, 0.25) is 11.9 Å². The largest absolute Gasteiger partial charge is 0.419 e. The molecule has 4 rings (SSSR count). The summed E-state index contributed by atoms with van der Waals surface area (Å²) in [4.78, 5) is 21.9. The molecule has 206 valence electrons. The van der Waals surface area contributed by atoms with E-state index >= 15 is 0 Å². The fourth-order valence-electron chi connectivity index (χ4n) is 4.55. The van der Waals surface area contributed by atoms with Gasteiger partial charge in [-0.3, -0.25) is 9.48 Å². The van der Waals surface area contributed by atoms with Crippen LogP contribution in [-0.2, 0) is 30.2 Å². The number of carbonyl (C=O) groups is 1. The van der Waals surface area contributed by atoms with Gasteiger partial charge in [-0.05, 0) is 43.4 Å². The van der Waals surface area contributed by atoms with Crippen LogP contribution in [0.4, 0.5) is 24.8 Å². The lowest BCUT2D eigenvalue weighted by Gasteiger charge is -2.31. The summed E-state index contributed by atoms with van der Waals surface area (Å²) in [6.07, 6.45) is 2.01. The van der Waals surface area contributed by atoms with Crippen molar-refractivity contribution in [3.05, 3.63) is 65.2 Å². The van der Waals surface area contributed by atoms with Crippen molar-refractivity contribution < 1.29 is 18.0 Å². The zero-order valence-corrected chi connectivity index (χ0v) is 22.1. The second-order valence-electron chi connectivity index (χ2n) is 8.96. The van der Waals surface area contributed by atoms with Crippen LogP contribution in [0, 0.1) is 0 Å². The molecule has 0 saturated carbocycles. The Labute approximate surface area is 221 Å². The maximum atomic E-state index is 13.7. The van der Waals surface area contributed by atoms with E-state index in [0.717, 1.165) is 44.2 Å². The van der Waals surface area contributed by atoms with Gasteiger partial charge in [-0.25, -0.2) is 9.97 Å². The van der Waals surface area contributed by atoms with Crippen LogP contribution in [-0.4, -0.2) is 50.2 Å². The van der Waals surface area contributed by atoms with Gasteiger partial charge in [-0.15, -0.1) is 0 Å². The molecular weight excluding hydrogens is 495 g/mol. The van der Waals surface area contributed by atoms with Gasteiger partial charge < -0.3 is 16.0 Å². The smallest absolute Gasteiger partial charge is 0.369 e. The summed E-state index contributed by atoms with van der Waals surface area (Å²) in [5.41, 5.74) is 6.39. The molecule has 0 aliphatic carbocycles. The topological polar surface area (TPSA) is 102 Å². The van der Waals surface area contributed by atoms with Crippen LogP contribution < -0.4 is 11.1 Å². The SMILES string of the molecule is CC.CCN1CCC(n2cc(Nc3ncc(C(F)(F)F)c(CCc4ccccc4CC(N)=O)n3)cn2)CC1. The number of hydrogen-bond donors (Lipinski definition) is 2. The first-order chi connectivity index (χ1) is 18.2. The van der Waals surface area contributed by atoms with E-state index in [9.17, 15) is 18.0 Å². The van der Waals surface area contributed by atoms with Gasteiger partial charge in [-0.2, -0.15) is 18.3 Å². The number of nitrogens with zero attached hydrogens (tertiary/aromatic N) is 5. The number of likely N-dealkylation sites (tertiary alicyclic amines) is 1. The number of nitrogens with one attached hydrogen (secondary N) is 1. The third kappa shape index (κ3) is 7.77. The highest BCUT2D eigenvalue weighted by Crippen LogP contribution is 2.32. The third-order valence-electron chi connectivity index (χ3n) is 6.52. The lowest BCUT2D eigenvalue weighted by molar-refractivity contribution is -0.138. The maximum Gasteiger partial charge on any atom is 0.419 e. The number of alkyl halides is 3. The molecule has 3 aromatic rings. The van der Waals surface area contributed by atoms with E-state index in [1.807, 2.05) is 24.7 Å². The number of aromatic nitrogens is 4. The van der Waals surface area contributed by atoms with Gasteiger partial charge in [0.05, 0.1) is 35.6 Å². The highest BCUT2D eigenvalue weighted by Gasteiger charge is 2.35. The Hall–Kier alpha value is -3.47. The Balaban J connectivity index is 0.00000195. The number of primary amides is 1. The Morgan fingerprint density at radius 1 is 1.11 bits per heavy atom. The summed E-state index contributed by atoms with van der Waals surface area (Å²) in [7, 11) is 0. The number of halogens is 3. The van der Waals surface area contributed by atoms with E-state index in [4.69, 9.17) is 5.73 Å². The minimum atomic E-state index is -4.58. The Morgan fingerprint density at radius 3 is 2.42 bits per heavy atom. The summed E-state index contributed by atoms with van der Waals surface area (Å²) in [6, 6.07) is 7.37. The molecule has 0 spiro atoms. The molecule has 3 N–H and O–H groups in total. The van der Waals surface area contributed by atoms with Crippen molar-refractivity contribution in [2.24, 2.45) is 5.73 Å². The van der Waals surface area contributed by atoms with Crippen molar-refractivity contribution in [1.82, 2.24) is 24.6 Å². The van der Waals surface area contributed by atoms with Crippen LogP contribution in [0.1, 0.15) is 62.0 Å². The quantitative estimate of drug-likeness (QED) is 0.406. The van der Waals surface area contributed by atoms with E-state index in [2.05, 4.69) is 32.2 Å². The highest BCUT2D eigenvalue weighted by molar-refractivity contribution is 5.77. The maximum absolute atomic E-state index is 13.7. The summed E-state index contributed by atoms with van der Waals surface area (Å²) in [5, 5.41) is 7.43. The summed E-state index contributed by atoms with van der Waals surface area (Å²) >= 11 is 0. The number of amides is 1. The van der Waals surface area contributed by atoms with Gasteiger partial charge in [0.25, 0.3) is 0 Å². The number of aryl methyl sites for hydroxylation is 2. The van der Waals surface area contributed by atoms with E-state index in [0.29, 0.717) is 11.3 Å². The average Bonchev–Trinajstić information content (AvgIpc) is 3.37. The second kappa shape index (κ2) is 13.4. The molecule has 1 aromatic carbocycles. The van der Waals surface area contributed by atoms with E-state index in [1.54, 1.807) is 30.5 Å². The van der Waals surface area contributed by atoms with Crippen molar-refractivity contribution in [3.63, 3.8) is 0 Å². The molecule has 2 aromatic heterocycles. The molecule has 1 fully saturated rings. The average molecular weight is 532 g/mol. The number of nitrogens with two attached hydrogens (primary N) is 1. The lowest BCUT2D eigenvalue weighted by atomic mass is 9.98.